The van der Waals surface area contributed by atoms with Crippen LogP contribution < -0.4 is 0 Å². The van der Waals surface area contributed by atoms with E-state index in [-0.39, 0.29) is 0 Å². The van der Waals surface area contributed by atoms with Crippen molar-refractivity contribution in [3.05, 3.63) is 0 Å². The van der Waals surface area contributed by atoms with Gasteiger partial charge in [-0.1, -0.05) is 32.9 Å². The molecule has 102 valence electrons. The maximum absolute atomic E-state index is 8.99. The summed E-state index contributed by atoms with van der Waals surface area (Å²) in [4.78, 5) is 4.70. The lowest BCUT2D eigenvalue weighted by atomic mass is 10.2. The number of rotatable bonds is 10. The Morgan fingerprint density at radius 2 is 1.18 bits per heavy atom. The second-order valence-electron chi connectivity index (χ2n) is 4.22. The topological polar surface area (TPSA) is 39.1 Å². The molecule has 4 heteroatoms. The van der Waals surface area contributed by atoms with Crippen LogP contribution in [0.2, 0.25) is 0 Å². The molecule has 0 fully saturated rings. The Hall–Kier alpha value is -0.610. The van der Waals surface area contributed by atoms with E-state index < -0.39 is 0 Å². The summed E-state index contributed by atoms with van der Waals surface area (Å²) in [6, 6.07) is 0. The molecule has 0 atom stereocenters. The Bertz CT molecular complexity index is 181. The van der Waals surface area contributed by atoms with E-state index in [9.17, 15) is 0 Å². The van der Waals surface area contributed by atoms with E-state index in [1.165, 1.54) is 0 Å². The van der Waals surface area contributed by atoms with Crippen LogP contribution in [0.3, 0.4) is 0 Å². The van der Waals surface area contributed by atoms with Gasteiger partial charge in [-0.15, -0.1) is 0 Å². The molecule has 0 aromatic carbocycles. The molecule has 0 amide bonds. The minimum Gasteiger partial charge on any atom is -0.411 e. The summed E-state index contributed by atoms with van der Waals surface area (Å²) in [5.41, 5.74) is 0.920. The summed E-state index contributed by atoms with van der Waals surface area (Å²) in [6.07, 6.45) is 1.75. The Morgan fingerprint density at radius 1 is 0.824 bits per heavy atom. The molecule has 0 heterocycles. The van der Waals surface area contributed by atoms with Gasteiger partial charge in [-0.2, -0.15) is 0 Å². The second kappa shape index (κ2) is 10.5. The van der Waals surface area contributed by atoms with Gasteiger partial charge in [0.25, 0.3) is 0 Å². The van der Waals surface area contributed by atoms with Gasteiger partial charge in [-0.25, -0.2) is 0 Å². The molecule has 0 aliphatic carbocycles. The van der Waals surface area contributed by atoms with Crippen molar-refractivity contribution >= 4 is 5.71 Å². The molecular formula is C13H29N3O. The van der Waals surface area contributed by atoms with Crippen molar-refractivity contribution in [3.8, 4) is 0 Å². The van der Waals surface area contributed by atoms with Gasteiger partial charge < -0.3 is 15.0 Å². The van der Waals surface area contributed by atoms with Crippen molar-refractivity contribution in [3.63, 3.8) is 0 Å². The number of nitrogens with zero attached hydrogens (tertiary/aromatic N) is 3. The monoisotopic (exact) mass is 243 g/mol. The molecule has 0 aromatic rings. The zero-order valence-electron chi connectivity index (χ0n) is 11.9. The zero-order valence-corrected chi connectivity index (χ0v) is 11.9. The third kappa shape index (κ3) is 7.34. The maximum Gasteiger partial charge on any atom is 0.0596 e. The SMILES string of the molecule is CCN(CC)CCC(CCN(CC)CC)=NO. The minimum absolute atomic E-state index is 0.874. The predicted molar refractivity (Wildman–Crippen MR) is 74.0 cm³/mol. The van der Waals surface area contributed by atoms with Crippen molar-refractivity contribution in [1.82, 2.24) is 9.80 Å². The molecular weight excluding hydrogens is 214 g/mol. The fraction of sp³-hybridized carbons (Fsp3) is 0.923. The molecule has 0 aromatic heterocycles. The van der Waals surface area contributed by atoms with Gasteiger partial charge in [0.05, 0.1) is 5.71 Å². The van der Waals surface area contributed by atoms with E-state index in [2.05, 4.69) is 42.7 Å². The van der Waals surface area contributed by atoms with Gasteiger partial charge in [0.1, 0.15) is 0 Å². The summed E-state index contributed by atoms with van der Waals surface area (Å²) < 4.78 is 0. The van der Waals surface area contributed by atoms with E-state index in [0.717, 1.165) is 57.8 Å². The van der Waals surface area contributed by atoms with Crippen LogP contribution in [0.1, 0.15) is 40.5 Å². The van der Waals surface area contributed by atoms with E-state index in [1.54, 1.807) is 0 Å². The van der Waals surface area contributed by atoms with Gasteiger partial charge >= 0.3 is 0 Å². The van der Waals surface area contributed by atoms with Gasteiger partial charge in [0.2, 0.25) is 0 Å². The van der Waals surface area contributed by atoms with Crippen LogP contribution in [0, 0.1) is 0 Å². The highest BCUT2D eigenvalue weighted by Crippen LogP contribution is 2.00. The quantitative estimate of drug-likeness (QED) is 0.363. The third-order valence-electron chi connectivity index (χ3n) is 3.36. The van der Waals surface area contributed by atoms with Crippen molar-refractivity contribution in [2.75, 3.05) is 39.3 Å². The lowest BCUT2D eigenvalue weighted by molar-refractivity contribution is 0.290. The lowest BCUT2D eigenvalue weighted by Gasteiger charge is -2.20. The van der Waals surface area contributed by atoms with Crippen LogP contribution in [0.5, 0.6) is 0 Å². The van der Waals surface area contributed by atoms with Crippen LogP contribution >= 0.6 is 0 Å². The highest BCUT2D eigenvalue weighted by molar-refractivity contribution is 5.84. The molecule has 0 rings (SSSR count). The van der Waals surface area contributed by atoms with Crippen LogP contribution in [-0.4, -0.2) is 60.0 Å². The lowest BCUT2D eigenvalue weighted by Crippen LogP contribution is -2.28. The first-order valence-corrected chi connectivity index (χ1v) is 6.86. The average Bonchev–Trinajstić information content (AvgIpc) is 2.38. The van der Waals surface area contributed by atoms with Crippen molar-refractivity contribution in [2.24, 2.45) is 5.16 Å². The molecule has 4 nitrogen and oxygen atoms in total. The Balaban J connectivity index is 3.92. The van der Waals surface area contributed by atoms with Gasteiger partial charge in [0, 0.05) is 25.9 Å². The van der Waals surface area contributed by atoms with Crippen LogP contribution in [0.15, 0.2) is 5.16 Å². The first-order valence-electron chi connectivity index (χ1n) is 6.86. The summed E-state index contributed by atoms with van der Waals surface area (Å²) in [5.74, 6) is 0. The molecule has 0 spiro atoms. The van der Waals surface area contributed by atoms with E-state index in [1.807, 2.05) is 0 Å². The Labute approximate surface area is 106 Å². The third-order valence-corrected chi connectivity index (χ3v) is 3.36. The molecule has 17 heavy (non-hydrogen) atoms. The first-order chi connectivity index (χ1) is 8.21. The largest absolute Gasteiger partial charge is 0.411 e. The first kappa shape index (κ1) is 16.4. The summed E-state index contributed by atoms with van der Waals surface area (Å²) in [6.45, 7) is 14.9. The van der Waals surface area contributed by atoms with Gasteiger partial charge in [-0.05, 0) is 26.2 Å². The average molecular weight is 243 g/mol. The molecule has 0 aliphatic heterocycles. The summed E-state index contributed by atoms with van der Waals surface area (Å²) in [7, 11) is 0. The van der Waals surface area contributed by atoms with E-state index in [0.29, 0.717) is 0 Å². The Kier molecular flexibility index (Phi) is 10.2. The molecule has 0 saturated carbocycles. The second-order valence-corrected chi connectivity index (χ2v) is 4.22. The van der Waals surface area contributed by atoms with Crippen molar-refractivity contribution in [2.45, 2.75) is 40.5 Å². The highest BCUT2D eigenvalue weighted by Gasteiger charge is 2.06. The van der Waals surface area contributed by atoms with Gasteiger partial charge in [0.15, 0.2) is 0 Å². The maximum atomic E-state index is 8.99. The standard InChI is InChI=1S/C13H29N3O/c1-5-15(6-2)11-9-13(14-17)10-12-16(7-3)8-4/h17H,5-12H2,1-4H3. The van der Waals surface area contributed by atoms with Crippen molar-refractivity contribution < 1.29 is 5.21 Å². The normalized spacial score (nSPS) is 11.2. The smallest absolute Gasteiger partial charge is 0.0596 e. The van der Waals surface area contributed by atoms with Crippen LogP contribution in [-0.2, 0) is 0 Å². The summed E-state index contributed by atoms with van der Waals surface area (Å²) in [5, 5.41) is 12.4. The fourth-order valence-corrected chi connectivity index (χ4v) is 1.88. The van der Waals surface area contributed by atoms with Gasteiger partial charge in [-0.3, -0.25) is 0 Å². The highest BCUT2D eigenvalue weighted by atomic mass is 16.4. The minimum atomic E-state index is 0.874. The van der Waals surface area contributed by atoms with E-state index >= 15 is 0 Å². The Morgan fingerprint density at radius 3 is 1.41 bits per heavy atom. The molecule has 0 unspecified atom stereocenters. The molecule has 0 bridgehead atoms. The number of hydrogen-bond acceptors (Lipinski definition) is 4. The van der Waals surface area contributed by atoms with Crippen LogP contribution in [0.4, 0.5) is 0 Å². The number of oxime groups is 1. The zero-order chi connectivity index (χ0) is 13.1. The molecule has 0 aliphatic rings. The molecule has 1 N–H and O–H groups in total. The van der Waals surface area contributed by atoms with Crippen molar-refractivity contribution in [1.29, 1.82) is 0 Å². The fourth-order valence-electron chi connectivity index (χ4n) is 1.88. The number of hydrogen-bond donors (Lipinski definition) is 1. The summed E-state index contributed by atoms with van der Waals surface area (Å²) >= 11 is 0. The predicted octanol–water partition coefficient (Wildman–Crippen LogP) is 2.28. The molecule has 0 saturated heterocycles. The molecule has 0 radical (unpaired) electrons. The van der Waals surface area contributed by atoms with E-state index in [4.69, 9.17) is 5.21 Å². The van der Waals surface area contributed by atoms with Crippen LogP contribution in [0.25, 0.3) is 0 Å².